The van der Waals surface area contributed by atoms with E-state index in [1.165, 1.54) is 6.07 Å². The number of nitrogens with one attached hydrogen (secondary N) is 1. The fraction of sp³-hybridized carbons (Fsp3) is 0.438. The molecule has 0 radical (unpaired) electrons. The summed E-state index contributed by atoms with van der Waals surface area (Å²) in [7, 11) is 0. The van der Waals surface area contributed by atoms with Gasteiger partial charge in [-0.1, -0.05) is 19.1 Å². The van der Waals surface area contributed by atoms with Crippen LogP contribution in [-0.4, -0.2) is 16.3 Å². The van der Waals surface area contributed by atoms with Crippen molar-refractivity contribution in [2.24, 2.45) is 0 Å². The van der Waals surface area contributed by atoms with E-state index in [4.69, 9.17) is 0 Å². The maximum Gasteiger partial charge on any atom is 0.123 e. The van der Waals surface area contributed by atoms with Gasteiger partial charge in [-0.05, 0) is 50.6 Å². The fourth-order valence-corrected chi connectivity index (χ4v) is 2.53. The lowest BCUT2D eigenvalue weighted by Gasteiger charge is -2.19. The number of halogens is 1. The van der Waals surface area contributed by atoms with Crippen LogP contribution in [0.5, 0.6) is 0 Å². The molecule has 1 unspecified atom stereocenters. The standard InChI is InChI=1S/C16H22FN3/c1-4-18-15(11-13-7-6-8-14(17)10-13)16-9-12(3)19-20(16)5-2/h6-10,15,18H,4-5,11H2,1-3H3. The second-order valence-electron chi connectivity index (χ2n) is 4.97. The topological polar surface area (TPSA) is 29.9 Å². The van der Waals surface area contributed by atoms with Gasteiger partial charge in [0.2, 0.25) is 0 Å². The van der Waals surface area contributed by atoms with E-state index in [0.29, 0.717) is 0 Å². The maximum absolute atomic E-state index is 13.3. The molecule has 4 heteroatoms. The number of nitrogens with zero attached hydrogens (tertiary/aromatic N) is 2. The van der Waals surface area contributed by atoms with Crippen molar-refractivity contribution in [2.45, 2.75) is 39.8 Å². The monoisotopic (exact) mass is 275 g/mol. The van der Waals surface area contributed by atoms with Crippen LogP contribution in [0.3, 0.4) is 0 Å². The van der Waals surface area contributed by atoms with Gasteiger partial charge in [-0.15, -0.1) is 0 Å². The molecule has 0 amide bonds. The minimum absolute atomic E-state index is 0.156. The molecule has 2 rings (SSSR count). The highest BCUT2D eigenvalue weighted by Gasteiger charge is 2.16. The molecule has 0 aliphatic rings. The summed E-state index contributed by atoms with van der Waals surface area (Å²) in [5, 5.41) is 7.97. The summed E-state index contributed by atoms with van der Waals surface area (Å²) in [6.07, 6.45) is 0.761. The molecule has 1 atom stereocenters. The second kappa shape index (κ2) is 6.66. The van der Waals surface area contributed by atoms with E-state index in [9.17, 15) is 4.39 Å². The first-order chi connectivity index (χ1) is 9.63. The van der Waals surface area contributed by atoms with Gasteiger partial charge in [0.25, 0.3) is 0 Å². The average molecular weight is 275 g/mol. The van der Waals surface area contributed by atoms with Gasteiger partial charge < -0.3 is 5.32 Å². The largest absolute Gasteiger partial charge is 0.309 e. The minimum atomic E-state index is -0.182. The van der Waals surface area contributed by atoms with E-state index >= 15 is 0 Å². The molecule has 1 aromatic carbocycles. The van der Waals surface area contributed by atoms with Gasteiger partial charge in [0.1, 0.15) is 5.82 Å². The summed E-state index contributed by atoms with van der Waals surface area (Å²) in [5.41, 5.74) is 3.18. The fourth-order valence-electron chi connectivity index (χ4n) is 2.53. The third-order valence-electron chi connectivity index (χ3n) is 3.37. The van der Waals surface area contributed by atoms with Gasteiger partial charge in [0.15, 0.2) is 0 Å². The molecule has 3 nitrogen and oxygen atoms in total. The van der Waals surface area contributed by atoms with Gasteiger partial charge >= 0.3 is 0 Å². The van der Waals surface area contributed by atoms with Crippen LogP contribution in [0.15, 0.2) is 30.3 Å². The summed E-state index contributed by atoms with van der Waals surface area (Å²) in [4.78, 5) is 0. The van der Waals surface area contributed by atoms with Crippen molar-refractivity contribution in [1.82, 2.24) is 15.1 Å². The van der Waals surface area contributed by atoms with Gasteiger partial charge in [-0.2, -0.15) is 5.10 Å². The lowest BCUT2D eigenvalue weighted by atomic mass is 10.0. The first kappa shape index (κ1) is 14.7. The average Bonchev–Trinajstić information content (AvgIpc) is 2.79. The smallest absolute Gasteiger partial charge is 0.123 e. The lowest BCUT2D eigenvalue weighted by molar-refractivity contribution is 0.489. The van der Waals surface area contributed by atoms with Crippen LogP contribution < -0.4 is 5.32 Å². The second-order valence-corrected chi connectivity index (χ2v) is 4.97. The molecule has 0 aliphatic carbocycles. The lowest BCUT2D eigenvalue weighted by Crippen LogP contribution is -2.25. The Kier molecular flexibility index (Phi) is 4.90. The predicted molar refractivity (Wildman–Crippen MR) is 79.2 cm³/mol. The van der Waals surface area contributed by atoms with Crippen molar-refractivity contribution in [3.8, 4) is 0 Å². The van der Waals surface area contributed by atoms with Crippen molar-refractivity contribution in [1.29, 1.82) is 0 Å². The summed E-state index contributed by atoms with van der Waals surface area (Å²) >= 11 is 0. The Hall–Kier alpha value is -1.68. The molecule has 0 saturated heterocycles. The molecule has 2 aromatic rings. The van der Waals surface area contributed by atoms with Crippen LogP contribution in [-0.2, 0) is 13.0 Å². The zero-order valence-corrected chi connectivity index (χ0v) is 12.4. The number of rotatable bonds is 6. The first-order valence-corrected chi connectivity index (χ1v) is 7.16. The third-order valence-corrected chi connectivity index (χ3v) is 3.37. The third kappa shape index (κ3) is 3.45. The molecule has 1 N–H and O–H groups in total. The molecule has 1 aromatic heterocycles. The van der Waals surface area contributed by atoms with Crippen molar-refractivity contribution in [2.75, 3.05) is 6.54 Å². The number of aryl methyl sites for hydroxylation is 2. The van der Waals surface area contributed by atoms with Gasteiger partial charge in [-0.25, -0.2) is 4.39 Å². The number of aromatic nitrogens is 2. The number of hydrogen-bond acceptors (Lipinski definition) is 2. The molecule has 0 spiro atoms. The quantitative estimate of drug-likeness (QED) is 0.877. The summed E-state index contributed by atoms with van der Waals surface area (Å²) in [6, 6.07) is 9.07. The van der Waals surface area contributed by atoms with Gasteiger partial charge in [0, 0.05) is 6.54 Å². The van der Waals surface area contributed by atoms with E-state index in [2.05, 4.69) is 30.3 Å². The Balaban J connectivity index is 2.26. The number of benzene rings is 1. The summed E-state index contributed by atoms with van der Waals surface area (Å²) in [5.74, 6) is -0.182. The minimum Gasteiger partial charge on any atom is -0.309 e. The van der Waals surface area contributed by atoms with Crippen molar-refractivity contribution in [3.63, 3.8) is 0 Å². The Labute approximate surface area is 119 Å². The highest BCUT2D eigenvalue weighted by molar-refractivity contribution is 5.21. The Morgan fingerprint density at radius 3 is 2.75 bits per heavy atom. The molecule has 0 fully saturated rings. The van der Waals surface area contributed by atoms with E-state index in [1.54, 1.807) is 12.1 Å². The summed E-state index contributed by atoms with van der Waals surface area (Å²) in [6.45, 7) is 7.88. The zero-order valence-electron chi connectivity index (χ0n) is 12.4. The molecule has 0 bridgehead atoms. The molecule has 0 aliphatic heterocycles. The first-order valence-electron chi connectivity index (χ1n) is 7.16. The van der Waals surface area contributed by atoms with Crippen LogP contribution in [0.4, 0.5) is 4.39 Å². The van der Waals surface area contributed by atoms with E-state index < -0.39 is 0 Å². The predicted octanol–water partition coefficient (Wildman–Crippen LogP) is 3.24. The number of likely N-dealkylation sites (N-methyl/N-ethyl adjacent to an activating group) is 1. The molecule has 1 heterocycles. The van der Waals surface area contributed by atoms with Crippen LogP contribution in [0, 0.1) is 12.7 Å². The molecular formula is C16H22FN3. The highest BCUT2D eigenvalue weighted by atomic mass is 19.1. The molecule has 20 heavy (non-hydrogen) atoms. The maximum atomic E-state index is 13.3. The molecule has 108 valence electrons. The Morgan fingerprint density at radius 1 is 1.30 bits per heavy atom. The Bertz CT molecular complexity index is 563. The highest BCUT2D eigenvalue weighted by Crippen LogP contribution is 2.20. The van der Waals surface area contributed by atoms with Crippen LogP contribution in [0.25, 0.3) is 0 Å². The van der Waals surface area contributed by atoms with Gasteiger partial charge in [0.05, 0.1) is 17.4 Å². The van der Waals surface area contributed by atoms with Crippen molar-refractivity contribution in [3.05, 3.63) is 53.1 Å². The SMILES string of the molecule is CCNC(Cc1cccc(F)c1)c1cc(C)nn1CC. The van der Waals surface area contributed by atoms with Crippen LogP contribution in [0.2, 0.25) is 0 Å². The Morgan fingerprint density at radius 2 is 2.10 bits per heavy atom. The van der Waals surface area contributed by atoms with Crippen LogP contribution >= 0.6 is 0 Å². The molecule has 0 saturated carbocycles. The van der Waals surface area contributed by atoms with Crippen molar-refractivity contribution >= 4 is 0 Å². The van der Waals surface area contributed by atoms with E-state index in [0.717, 1.165) is 36.5 Å². The van der Waals surface area contributed by atoms with E-state index in [-0.39, 0.29) is 11.9 Å². The zero-order chi connectivity index (χ0) is 14.5. The van der Waals surface area contributed by atoms with E-state index in [1.807, 2.05) is 17.7 Å². The van der Waals surface area contributed by atoms with Gasteiger partial charge in [-0.3, -0.25) is 4.68 Å². The van der Waals surface area contributed by atoms with Crippen LogP contribution in [0.1, 0.15) is 36.8 Å². The summed E-state index contributed by atoms with van der Waals surface area (Å²) < 4.78 is 15.3. The van der Waals surface area contributed by atoms with Crippen molar-refractivity contribution < 1.29 is 4.39 Å². The number of hydrogen-bond donors (Lipinski definition) is 1. The molecular weight excluding hydrogens is 253 g/mol. The normalized spacial score (nSPS) is 12.6.